The van der Waals surface area contributed by atoms with Crippen LogP contribution in [-0.4, -0.2) is 22.6 Å². The van der Waals surface area contributed by atoms with Crippen LogP contribution in [0.5, 0.6) is 5.75 Å². The minimum atomic E-state index is 0.523. The molecular weight excluding hydrogens is 258 g/mol. The maximum atomic E-state index is 10.2. The number of hydrogen-bond donors (Lipinski definition) is 1. The summed E-state index contributed by atoms with van der Waals surface area (Å²) < 4.78 is 0. The zero-order chi connectivity index (χ0) is 14.2. The summed E-state index contributed by atoms with van der Waals surface area (Å²) in [6, 6.07) is 7.54. The molecule has 1 saturated carbocycles. The van der Waals surface area contributed by atoms with Crippen molar-refractivity contribution in [2.24, 2.45) is 5.92 Å². The molecule has 3 unspecified atom stereocenters. The van der Waals surface area contributed by atoms with Crippen LogP contribution in [0.15, 0.2) is 18.2 Å². The van der Waals surface area contributed by atoms with E-state index in [0.29, 0.717) is 11.8 Å². The highest BCUT2D eigenvalue weighted by atomic mass is 16.3. The number of likely N-dealkylation sites (tertiary alicyclic amines) is 1. The number of fused-ring (bicyclic) bond motifs is 2. The summed E-state index contributed by atoms with van der Waals surface area (Å²) in [5.74, 6) is 1.46. The molecule has 4 rings (SSSR count). The lowest BCUT2D eigenvalue weighted by molar-refractivity contribution is 0.0189. The number of phenolic OH excluding ortho intramolecular Hbond substituents is 1. The average molecular weight is 285 g/mol. The first-order chi connectivity index (χ1) is 10.3. The van der Waals surface area contributed by atoms with Gasteiger partial charge in [-0.25, -0.2) is 0 Å². The molecule has 0 bridgehead atoms. The van der Waals surface area contributed by atoms with E-state index in [2.05, 4.69) is 11.0 Å². The third-order valence-electron chi connectivity index (χ3n) is 6.14. The maximum Gasteiger partial charge on any atom is 0.119 e. The molecule has 1 heterocycles. The van der Waals surface area contributed by atoms with Crippen LogP contribution >= 0.6 is 0 Å². The molecule has 1 saturated heterocycles. The molecular formula is C19H27NO. The van der Waals surface area contributed by atoms with E-state index < -0.39 is 0 Å². The molecule has 0 radical (unpaired) electrons. The first-order valence-electron chi connectivity index (χ1n) is 8.91. The van der Waals surface area contributed by atoms with Gasteiger partial charge in [0, 0.05) is 12.1 Å². The number of aromatic hydroxyl groups is 1. The van der Waals surface area contributed by atoms with Crippen molar-refractivity contribution >= 4 is 0 Å². The van der Waals surface area contributed by atoms with Crippen molar-refractivity contribution < 1.29 is 5.11 Å². The minimum Gasteiger partial charge on any atom is -0.508 e. The SMILES string of the molecule is Oc1cccc2c1CCCC2N1CCCC2CCCCC21. The fourth-order valence-corrected chi connectivity index (χ4v) is 5.20. The van der Waals surface area contributed by atoms with Gasteiger partial charge in [-0.3, -0.25) is 4.90 Å². The highest BCUT2D eigenvalue weighted by molar-refractivity contribution is 5.42. The summed E-state index contributed by atoms with van der Waals surface area (Å²) in [7, 11) is 0. The third-order valence-corrected chi connectivity index (χ3v) is 6.14. The van der Waals surface area contributed by atoms with E-state index in [0.717, 1.165) is 18.4 Å². The molecule has 2 heteroatoms. The molecule has 2 aliphatic carbocycles. The molecule has 0 spiro atoms. The molecule has 3 atom stereocenters. The summed E-state index contributed by atoms with van der Waals surface area (Å²) in [6.45, 7) is 1.26. The van der Waals surface area contributed by atoms with E-state index in [-0.39, 0.29) is 0 Å². The molecule has 2 fully saturated rings. The monoisotopic (exact) mass is 285 g/mol. The van der Waals surface area contributed by atoms with E-state index in [4.69, 9.17) is 0 Å². The van der Waals surface area contributed by atoms with Crippen molar-refractivity contribution in [3.8, 4) is 5.75 Å². The van der Waals surface area contributed by atoms with Gasteiger partial charge in [0.1, 0.15) is 5.75 Å². The van der Waals surface area contributed by atoms with Gasteiger partial charge < -0.3 is 5.11 Å². The summed E-state index contributed by atoms with van der Waals surface area (Å²) in [4.78, 5) is 2.82. The lowest BCUT2D eigenvalue weighted by Gasteiger charge is -2.49. The normalized spacial score (nSPS) is 33.2. The molecule has 114 valence electrons. The van der Waals surface area contributed by atoms with Crippen LogP contribution in [0.3, 0.4) is 0 Å². The van der Waals surface area contributed by atoms with Gasteiger partial charge in [0.25, 0.3) is 0 Å². The van der Waals surface area contributed by atoms with Gasteiger partial charge in [-0.05, 0) is 74.6 Å². The fraction of sp³-hybridized carbons (Fsp3) is 0.684. The zero-order valence-corrected chi connectivity index (χ0v) is 12.9. The lowest BCUT2D eigenvalue weighted by atomic mass is 9.76. The van der Waals surface area contributed by atoms with Crippen LogP contribution in [0.1, 0.15) is 68.5 Å². The molecule has 3 aliphatic rings. The van der Waals surface area contributed by atoms with Gasteiger partial charge in [0.2, 0.25) is 0 Å². The van der Waals surface area contributed by atoms with Crippen molar-refractivity contribution in [2.45, 2.75) is 69.9 Å². The van der Waals surface area contributed by atoms with Crippen LogP contribution < -0.4 is 0 Å². The predicted octanol–water partition coefficient (Wildman–Crippen LogP) is 4.42. The standard InChI is InChI=1S/C19H27NO/c21-19-12-4-8-15-16(19)9-3-11-18(15)20-13-5-7-14-6-1-2-10-17(14)20/h4,8,12,14,17-18,21H,1-3,5-7,9-11,13H2. The zero-order valence-electron chi connectivity index (χ0n) is 12.9. The Kier molecular flexibility index (Phi) is 3.66. The van der Waals surface area contributed by atoms with Crippen LogP contribution in [0, 0.1) is 5.92 Å². The third kappa shape index (κ3) is 2.38. The van der Waals surface area contributed by atoms with Crippen molar-refractivity contribution in [3.63, 3.8) is 0 Å². The summed E-state index contributed by atoms with van der Waals surface area (Å²) in [6.07, 6.45) is 12.1. The Morgan fingerprint density at radius 2 is 1.81 bits per heavy atom. The summed E-state index contributed by atoms with van der Waals surface area (Å²) in [5, 5.41) is 10.2. The van der Waals surface area contributed by atoms with Gasteiger partial charge >= 0.3 is 0 Å². The predicted molar refractivity (Wildman–Crippen MR) is 85.5 cm³/mol. The van der Waals surface area contributed by atoms with Crippen LogP contribution in [0.25, 0.3) is 0 Å². The van der Waals surface area contributed by atoms with Crippen LogP contribution in [0.2, 0.25) is 0 Å². The Bertz CT molecular complexity index is 510. The minimum absolute atomic E-state index is 0.523. The van der Waals surface area contributed by atoms with E-state index in [1.165, 1.54) is 69.0 Å². The fourth-order valence-electron chi connectivity index (χ4n) is 5.20. The first-order valence-corrected chi connectivity index (χ1v) is 8.91. The Hall–Kier alpha value is -1.02. The molecule has 21 heavy (non-hydrogen) atoms. The quantitative estimate of drug-likeness (QED) is 0.825. The number of nitrogens with zero attached hydrogens (tertiary/aromatic N) is 1. The van der Waals surface area contributed by atoms with Crippen molar-refractivity contribution in [2.75, 3.05) is 6.54 Å². The number of phenols is 1. The second kappa shape index (κ2) is 5.64. The first kappa shape index (κ1) is 13.6. The van der Waals surface area contributed by atoms with E-state index in [1.807, 2.05) is 12.1 Å². The maximum absolute atomic E-state index is 10.2. The molecule has 2 nitrogen and oxygen atoms in total. The second-order valence-corrected chi connectivity index (χ2v) is 7.24. The largest absolute Gasteiger partial charge is 0.508 e. The van der Waals surface area contributed by atoms with Gasteiger partial charge in [-0.15, -0.1) is 0 Å². The van der Waals surface area contributed by atoms with Gasteiger partial charge in [-0.2, -0.15) is 0 Å². The number of piperidine rings is 1. The topological polar surface area (TPSA) is 23.5 Å². The van der Waals surface area contributed by atoms with Gasteiger partial charge in [0.05, 0.1) is 0 Å². The van der Waals surface area contributed by atoms with Crippen LogP contribution in [0.4, 0.5) is 0 Å². The van der Waals surface area contributed by atoms with Gasteiger partial charge in [-0.1, -0.05) is 25.0 Å². The summed E-state index contributed by atoms with van der Waals surface area (Å²) in [5.41, 5.74) is 2.65. The Morgan fingerprint density at radius 3 is 2.76 bits per heavy atom. The number of rotatable bonds is 1. The Balaban J connectivity index is 1.66. The molecule has 1 aromatic carbocycles. The van der Waals surface area contributed by atoms with Crippen molar-refractivity contribution in [1.82, 2.24) is 4.90 Å². The van der Waals surface area contributed by atoms with E-state index in [1.54, 1.807) is 0 Å². The summed E-state index contributed by atoms with van der Waals surface area (Å²) >= 11 is 0. The van der Waals surface area contributed by atoms with Crippen molar-refractivity contribution in [3.05, 3.63) is 29.3 Å². The smallest absolute Gasteiger partial charge is 0.119 e. The van der Waals surface area contributed by atoms with E-state index >= 15 is 0 Å². The highest BCUT2D eigenvalue weighted by Gasteiger charge is 2.38. The van der Waals surface area contributed by atoms with E-state index in [9.17, 15) is 5.11 Å². The average Bonchev–Trinajstić information content (AvgIpc) is 2.54. The number of hydrogen-bond acceptors (Lipinski definition) is 2. The molecule has 0 amide bonds. The Labute approximate surface area is 128 Å². The van der Waals surface area contributed by atoms with Crippen molar-refractivity contribution in [1.29, 1.82) is 0 Å². The molecule has 1 aromatic rings. The molecule has 1 aliphatic heterocycles. The van der Waals surface area contributed by atoms with Crippen LogP contribution in [-0.2, 0) is 6.42 Å². The number of benzene rings is 1. The molecule has 1 N–H and O–H groups in total. The second-order valence-electron chi connectivity index (χ2n) is 7.24. The van der Waals surface area contributed by atoms with Gasteiger partial charge in [0.15, 0.2) is 0 Å². The highest BCUT2D eigenvalue weighted by Crippen LogP contribution is 2.44. The lowest BCUT2D eigenvalue weighted by Crippen LogP contribution is -2.48. The Morgan fingerprint density at radius 1 is 0.952 bits per heavy atom. The molecule has 0 aromatic heterocycles.